The van der Waals surface area contributed by atoms with Gasteiger partial charge in [0.1, 0.15) is 11.6 Å². The number of nitriles is 1. The average molecular weight is 334 g/mol. The van der Waals surface area contributed by atoms with Gasteiger partial charge in [-0.05, 0) is 30.0 Å². The van der Waals surface area contributed by atoms with Crippen molar-refractivity contribution in [3.8, 4) is 6.07 Å². The number of carbonyl (C=O) groups is 1. The molecule has 1 aromatic rings. The standard InChI is InChI=1S/C17H13F3N2O2/c18-17(19,20)12-6-2-1-4-9(12)14-10-5-3-7-13(23)15(10)24-16(22)11(14)8-21/h1-2,4,6,14H,3,5,7,22H2. The van der Waals surface area contributed by atoms with Gasteiger partial charge in [0.2, 0.25) is 5.88 Å². The van der Waals surface area contributed by atoms with Crippen LogP contribution in [-0.2, 0) is 15.7 Å². The van der Waals surface area contributed by atoms with Crippen molar-refractivity contribution in [3.05, 3.63) is 58.2 Å². The van der Waals surface area contributed by atoms with Crippen molar-refractivity contribution in [1.29, 1.82) is 5.26 Å². The molecule has 1 unspecified atom stereocenters. The molecule has 1 atom stereocenters. The lowest BCUT2D eigenvalue weighted by atomic mass is 9.76. The van der Waals surface area contributed by atoms with Gasteiger partial charge >= 0.3 is 6.18 Å². The molecule has 1 heterocycles. The first-order valence-corrected chi connectivity index (χ1v) is 7.34. The Hall–Kier alpha value is -2.75. The predicted octanol–water partition coefficient (Wildman–Crippen LogP) is 3.52. The lowest BCUT2D eigenvalue weighted by Crippen LogP contribution is -2.28. The molecule has 0 bridgehead atoms. The van der Waals surface area contributed by atoms with Gasteiger partial charge in [0.25, 0.3) is 0 Å². The van der Waals surface area contributed by atoms with Crippen molar-refractivity contribution in [2.45, 2.75) is 31.4 Å². The highest BCUT2D eigenvalue weighted by atomic mass is 19.4. The van der Waals surface area contributed by atoms with Crippen molar-refractivity contribution in [2.24, 2.45) is 5.73 Å². The van der Waals surface area contributed by atoms with Crippen LogP contribution in [0.1, 0.15) is 36.3 Å². The number of ketones is 1. The van der Waals surface area contributed by atoms with Gasteiger partial charge in [0, 0.05) is 12.3 Å². The Balaban J connectivity index is 2.25. The van der Waals surface area contributed by atoms with Crippen LogP contribution in [-0.4, -0.2) is 5.78 Å². The van der Waals surface area contributed by atoms with Crippen molar-refractivity contribution < 1.29 is 22.7 Å². The number of carbonyl (C=O) groups excluding carboxylic acids is 1. The molecule has 124 valence electrons. The molecule has 2 N–H and O–H groups in total. The van der Waals surface area contributed by atoms with E-state index in [4.69, 9.17) is 10.5 Å². The molecule has 7 heteroatoms. The van der Waals surface area contributed by atoms with Crippen LogP contribution in [0, 0.1) is 11.3 Å². The Morgan fingerprint density at radius 2 is 1.96 bits per heavy atom. The minimum Gasteiger partial charge on any atom is -0.437 e. The zero-order chi connectivity index (χ0) is 17.5. The van der Waals surface area contributed by atoms with Gasteiger partial charge < -0.3 is 10.5 Å². The number of benzene rings is 1. The summed E-state index contributed by atoms with van der Waals surface area (Å²) < 4.78 is 45.4. The van der Waals surface area contributed by atoms with E-state index in [2.05, 4.69) is 0 Å². The molecule has 1 aromatic carbocycles. The summed E-state index contributed by atoms with van der Waals surface area (Å²) in [7, 11) is 0. The van der Waals surface area contributed by atoms with Gasteiger partial charge in [-0.15, -0.1) is 0 Å². The first kappa shape index (κ1) is 16.1. The third-order valence-corrected chi connectivity index (χ3v) is 4.21. The highest BCUT2D eigenvalue weighted by molar-refractivity contribution is 5.96. The molecule has 1 aliphatic heterocycles. The number of halogens is 3. The SMILES string of the molecule is N#CC1=C(N)OC2=C(CCCC2=O)C1c1ccccc1C(F)(F)F. The number of nitrogens with two attached hydrogens (primary N) is 1. The van der Waals surface area contributed by atoms with Crippen LogP contribution in [0.5, 0.6) is 0 Å². The Kier molecular flexibility index (Phi) is 3.84. The smallest absolute Gasteiger partial charge is 0.416 e. The maximum Gasteiger partial charge on any atom is 0.416 e. The quantitative estimate of drug-likeness (QED) is 0.852. The predicted molar refractivity (Wildman–Crippen MR) is 78.0 cm³/mol. The molecule has 1 aliphatic carbocycles. The van der Waals surface area contributed by atoms with Gasteiger partial charge in [-0.3, -0.25) is 4.79 Å². The monoisotopic (exact) mass is 334 g/mol. The van der Waals surface area contributed by atoms with E-state index < -0.39 is 17.7 Å². The second-order valence-corrected chi connectivity index (χ2v) is 5.64. The summed E-state index contributed by atoms with van der Waals surface area (Å²) in [4.78, 5) is 12.1. The number of ether oxygens (including phenoxy) is 1. The van der Waals surface area contributed by atoms with Gasteiger partial charge in [-0.1, -0.05) is 18.2 Å². The fourth-order valence-corrected chi connectivity index (χ4v) is 3.19. The van der Waals surface area contributed by atoms with Gasteiger partial charge in [0.05, 0.1) is 5.56 Å². The third kappa shape index (κ3) is 2.54. The van der Waals surface area contributed by atoms with E-state index in [9.17, 15) is 23.2 Å². The summed E-state index contributed by atoms with van der Waals surface area (Å²) in [6.45, 7) is 0. The maximum atomic E-state index is 13.4. The van der Waals surface area contributed by atoms with Crippen molar-refractivity contribution in [2.75, 3.05) is 0 Å². The van der Waals surface area contributed by atoms with E-state index in [0.717, 1.165) is 6.07 Å². The molecular formula is C17H13F3N2O2. The molecule has 4 nitrogen and oxygen atoms in total. The number of Topliss-reactive ketones (excluding diaryl/α,β-unsaturated/α-hetero) is 1. The number of nitrogens with zero attached hydrogens (tertiary/aromatic N) is 1. The maximum absolute atomic E-state index is 13.4. The van der Waals surface area contributed by atoms with Crippen molar-refractivity contribution >= 4 is 5.78 Å². The minimum absolute atomic E-state index is 0.0141. The van der Waals surface area contributed by atoms with Crippen LogP contribution in [0.4, 0.5) is 13.2 Å². The van der Waals surface area contributed by atoms with E-state index in [-0.39, 0.29) is 35.0 Å². The average Bonchev–Trinajstić information content (AvgIpc) is 2.54. The summed E-state index contributed by atoms with van der Waals surface area (Å²) in [5.74, 6) is -1.64. The second-order valence-electron chi connectivity index (χ2n) is 5.64. The lowest BCUT2D eigenvalue weighted by molar-refractivity contribution is -0.138. The molecule has 0 saturated heterocycles. The van der Waals surface area contributed by atoms with Crippen LogP contribution in [0.15, 0.2) is 47.1 Å². The number of hydrogen-bond acceptors (Lipinski definition) is 4. The van der Waals surface area contributed by atoms with Crippen LogP contribution < -0.4 is 5.73 Å². The highest BCUT2D eigenvalue weighted by Crippen LogP contribution is 2.47. The summed E-state index contributed by atoms with van der Waals surface area (Å²) in [5, 5.41) is 9.39. The topological polar surface area (TPSA) is 76.1 Å². The van der Waals surface area contributed by atoms with Gasteiger partial charge in [-0.2, -0.15) is 18.4 Å². The third-order valence-electron chi connectivity index (χ3n) is 4.21. The molecule has 0 fully saturated rings. The number of alkyl halides is 3. The number of hydrogen-bond donors (Lipinski definition) is 1. The molecular weight excluding hydrogens is 321 g/mol. The van der Waals surface area contributed by atoms with E-state index in [0.29, 0.717) is 18.4 Å². The van der Waals surface area contributed by atoms with Crippen LogP contribution in [0.2, 0.25) is 0 Å². The Bertz CT molecular complexity index is 816. The van der Waals surface area contributed by atoms with Crippen molar-refractivity contribution in [1.82, 2.24) is 0 Å². The highest BCUT2D eigenvalue weighted by Gasteiger charge is 2.41. The Morgan fingerprint density at radius 1 is 1.25 bits per heavy atom. The zero-order valence-corrected chi connectivity index (χ0v) is 12.5. The van der Waals surface area contributed by atoms with E-state index in [1.165, 1.54) is 18.2 Å². The molecule has 0 aromatic heterocycles. The fourth-order valence-electron chi connectivity index (χ4n) is 3.19. The fraction of sp³-hybridized carbons (Fsp3) is 0.294. The minimum atomic E-state index is -4.58. The molecule has 2 aliphatic rings. The molecule has 0 spiro atoms. The van der Waals surface area contributed by atoms with E-state index >= 15 is 0 Å². The largest absolute Gasteiger partial charge is 0.437 e. The molecule has 0 amide bonds. The second kappa shape index (κ2) is 5.71. The summed E-state index contributed by atoms with van der Waals surface area (Å²) >= 11 is 0. The summed E-state index contributed by atoms with van der Waals surface area (Å²) in [6.07, 6.45) is -3.44. The lowest BCUT2D eigenvalue weighted by Gasteiger charge is -2.32. The van der Waals surface area contributed by atoms with E-state index in [1.807, 2.05) is 6.07 Å². The van der Waals surface area contributed by atoms with Crippen LogP contribution >= 0.6 is 0 Å². The van der Waals surface area contributed by atoms with E-state index in [1.54, 1.807) is 0 Å². The molecule has 0 radical (unpaired) electrons. The van der Waals surface area contributed by atoms with Crippen LogP contribution in [0.25, 0.3) is 0 Å². The van der Waals surface area contributed by atoms with Gasteiger partial charge in [-0.25, -0.2) is 0 Å². The Morgan fingerprint density at radius 3 is 2.62 bits per heavy atom. The zero-order valence-electron chi connectivity index (χ0n) is 12.5. The number of rotatable bonds is 1. The number of allylic oxidation sites excluding steroid dienone is 3. The van der Waals surface area contributed by atoms with Crippen LogP contribution in [0.3, 0.4) is 0 Å². The Labute approximate surface area is 136 Å². The van der Waals surface area contributed by atoms with Gasteiger partial charge in [0.15, 0.2) is 11.5 Å². The summed E-state index contributed by atoms with van der Waals surface area (Å²) in [5.41, 5.74) is 5.08. The van der Waals surface area contributed by atoms with Crippen molar-refractivity contribution in [3.63, 3.8) is 0 Å². The first-order chi connectivity index (χ1) is 11.3. The molecule has 3 rings (SSSR count). The normalized spacial score (nSPS) is 21.2. The molecule has 24 heavy (non-hydrogen) atoms. The first-order valence-electron chi connectivity index (χ1n) is 7.34. The molecule has 0 saturated carbocycles. The summed E-state index contributed by atoms with van der Waals surface area (Å²) in [6, 6.07) is 6.87.